The van der Waals surface area contributed by atoms with E-state index in [0.29, 0.717) is 13.2 Å². The third-order valence-electron chi connectivity index (χ3n) is 3.52. The van der Waals surface area contributed by atoms with E-state index in [0.717, 1.165) is 31.2 Å². The molecule has 18 heavy (non-hydrogen) atoms. The Bertz CT molecular complexity index is 398. The van der Waals surface area contributed by atoms with Gasteiger partial charge in [0, 0.05) is 0 Å². The Morgan fingerprint density at radius 2 is 2.06 bits per heavy atom. The fourth-order valence-electron chi connectivity index (χ4n) is 2.37. The maximum Gasteiger partial charge on any atom is 0.0790 e. The third kappa shape index (κ3) is 3.44. The van der Waals surface area contributed by atoms with Gasteiger partial charge in [-0.2, -0.15) is 0 Å². The lowest BCUT2D eigenvalue weighted by Crippen LogP contribution is -1.98. The SMILES string of the molecule is C=CCCCCCC(O)c1ccc2c(c1)COC2. The summed E-state index contributed by atoms with van der Waals surface area (Å²) in [5, 5.41) is 10.1. The first-order valence-corrected chi connectivity index (χ1v) is 6.79. The number of allylic oxidation sites excluding steroid dienone is 1. The summed E-state index contributed by atoms with van der Waals surface area (Å²) >= 11 is 0. The average molecular weight is 246 g/mol. The van der Waals surface area contributed by atoms with Gasteiger partial charge in [-0.05, 0) is 36.0 Å². The van der Waals surface area contributed by atoms with Crippen molar-refractivity contribution in [2.24, 2.45) is 0 Å². The van der Waals surface area contributed by atoms with Gasteiger partial charge < -0.3 is 9.84 Å². The second-order valence-corrected chi connectivity index (χ2v) is 4.96. The normalized spacial score (nSPS) is 15.4. The maximum absolute atomic E-state index is 10.1. The molecule has 0 fully saturated rings. The molecule has 1 heterocycles. The second kappa shape index (κ2) is 6.72. The van der Waals surface area contributed by atoms with Gasteiger partial charge in [-0.25, -0.2) is 0 Å². The van der Waals surface area contributed by atoms with E-state index in [1.807, 2.05) is 12.1 Å². The number of aliphatic hydroxyl groups is 1. The lowest BCUT2D eigenvalue weighted by atomic mass is 9.99. The molecule has 0 saturated carbocycles. The quantitative estimate of drug-likeness (QED) is 0.584. The van der Waals surface area contributed by atoms with Crippen molar-refractivity contribution < 1.29 is 9.84 Å². The van der Waals surface area contributed by atoms with E-state index in [1.165, 1.54) is 17.5 Å². The summed E-state index contributed by atoms with van der Waals surface area (Å²) in [4.78, 5) is 0. The van der Waals surface area contributed by atoms with Gasteiger partial charge >= 0.3 is 0 Å². The van der Waals surface area contributed by atoms with E-state index in [9.17, 15) is 5.11 Å². The summed E-state index contributed by atoms with van der Waals surface area (Å²) in [7, 11) is 0. The van der Waals surface area contributed by atoms with Gasteiger partial charge in [0.05, 0.1) is 19.3 Å². The summed E-state index contributed by atoms with van der Waals surface area (Å²) in [5.74, 6) is 0. The van der Waals surface area contributed by atoms with Crippen LogP contribution in [-0.2, 0) is 18.0 Å². The summed E-state index contributed by atoms with van der Waals surface area (Å²) in [5.41, 5.74) is 3.53. The van der Waals surface area contributed by atoms with E-state index < -0.39 is 0 Å². The Balaban J connectivity index is 1.81. The van der Waals surface area contributed by atoms with Crippen molar-refractivity contribution in [2.75, 3.05) is 0 Å². The monoisotopic (exact) mass is 246 g/mol. The van der Waals surface area contributed by atoms with Crippen molar-refractivity contribution in [1.29, 1.82) is 0 Å². The van der Waals surface area contributed by atoms with E-state index in [2.05, 4.69) is 18.7 Å². The van der Waals surface area contributed by atoms with Crippen molar-refractivity contribution in [3.05, 3.63) is 47.5 Å². The zero-order chi connectivity index (χ0) is 12.8. The molecule has 1 aromatic carbocycles. The molecule has 0 aliphatic carbocycles. The van der Waals surface area contributed by atoms with Crippen LogP contribution in [0.2, 0.25) is 0 Å². The van der Waals surface area contributed by atoms with E-state index in [4.69, 9.17) is 4.74 Å². The van der Waals surface area contributed by atoms with E-state index in [-0.39, 0.29) is 6.10 Å². The minimum absolute atomic E-state index is 0.334. The van der Waals surface area contributed by atoms with Crippen LogP contribution in [0.1, 0.15) is 54.9 Å². The van der Waals surface area contributed by atoms with Gasteiger partial charge in [-0.15, -0.1) is 6.58 Å². The van der Waals surface area contributed by atoms with Crippen LogP contribution in [0.25, 0.3) is 0 Å². The van der Waals surface area contributed by atoms with Gasteiger partial charge in [0.1, 0.15) is 0 Å². The number of benzene rings is 1. The van der Waals surface area contributed by atoms with E-state index >= 15 is 0 Å². The molecule has 98 valence electrons. The number of fused-ring (bicyclic) bond motifs is 1. The van der Waals surface area contributed by atoms with Crippen LogP contribution >= 0.6 is 0 Å². The van der Waals surface area contributed by atoms with Gasteiger partial charge in [0.25, 0.3) is 0 Å². The molecule has 1 aromatic rings. The maximum atomic E-state index is 10.1. The Kier molecular flexibility index (Phi) is 4.97. The number of aliphatic hydroxyl groups excluding tert-OH is 1. The smallest absolute Gasteiger partial charge is 0.0790 e. The zero-order valence-electron chi connectivity index (χ0n) is 10.9. The summed E-state index contributed by atoms with van der Waals surface area (Å²) in [6.07, 6.45) is 6.95. The molecule has 0 amide bonds. The van der Waals surface area contributed by atoms with E-state index in [1.54, 1.807) is 0 Å². The summed E-state index contributed by atoms with van der Waals surface area (Å²) in [6, 6.07) is 6.21. The van der Waals surface area contributed by atoms with Crippen LogP contribution in [0.5, 0.6) is 0 Å². The molecule has 1 N–H and O–H groups in total. The molecule has 2 heteroatoms. The molecule has 1 aliphatic heterocycles. The highest BCUT2D eigenvalue weighted by atomic mass is 16.5. The predicted octanol–water partition coefficient (Wildman–Crippen LogP) is 3.89. The van der Waals surface area contributed by atoms with Gasteiger partial charge in [-0.1, -0.05) is 37.1 Å². The topological polar surface area (TPSA) is 29.5 Å². The molecule has 2 rings (SSSR count). The second-order valence-electron chi connectivity index (χ2n) is 4.96. The van der Waals surface area contributed by atoms with Gasteiger partial charge in [0.2, 0.25) is 0 Å². The highest BCUT2D eigenvalue weighted by Gasteiger charge is 2.14. The predicted molar refractivity (Wildman–Crippen MR) is 73.2 cm³/mol. The van der Waals surface area contributed by atoms with Gasteiger partial charge in [-0.3, -0.25) is 0 Å². The minimum Gasteiger partial charge on any atom is -0.388 e. The molecule has 0 saturated heterocycles. The lowest BCUT2D eigenvalue weighted by molar-refractivity contribution is 0.134. The number of ether oxygens (including phenoxy) is 1. The standard InChI is InChI=1S/C16H22O2/c1-2-3-4-5-6-7-16(17)13-8-9-14-11-18-12-15(14)10-13/h2,8-10,16-17H,1,3-7,11-12H2. The third-order valence-corrected chi connectivity index (χ3v) is 3.52. The molecule has 1 atom stereocenters. The van der Waals surface area contributed by atoms with Crippen LogP contribution < -0.4 is 0 Å². The fourth-order valence-corrected chi connectivity index (χ4v) is 2.37. The molecule has 0 bridgehead atoms. The largest absolute Gasteiger partial charge is 0.388 e. The molecule has 0 radical (unpaired) electrons. The molecule has 0 aromatic heterocycles. The zero-order valence-corrected chi connectivity index (χ0v) is 10.9. The van der Waals surface area contributed by atoms with Gasteiger partial charge in [0.15, 0.2) is 0 Å². The van der Waals surface area contributed by atoms with Crippen molar-refractivity contribution in [1.82, 2.24) is 0 Å². The van der Waals surface area contributed by atoms with Crippen LogP contribution in [0.15, 0.2) is 30.9 Å². The Labute approximate surface area is 109 Å². The fraction of sp³-hybridized carbons (Fsp3) is 0.500. The van der Waals surface area contributed by atoms with Crippen molar-refractivity contribution in [3.63, 3.8) is 0 Å². The number of rotatable bonds is 7. The lowest BCUT2D eigenvalue weighted by Gasteiger charge is -2.12. The molecular weight excluding hydrogens is 224 g/mol. The Hall–Kier alpha value is -1.12. The first kappa shape index (κ1) is 13.3. The highest BCUT2D eigenvalue weighted by molar-refractivity contribution is 5.34. The van der Waals surface area contributed by atoms with Crippen LogP contribution in [0.4, 0.5) is 0 Å². The summed E-state index contributed by atoms with van der Waals surface area (Å²) in [6.45, 7) is 5.12. The molecular formula is C16H22O2. The molecule has 1 aliphatic rings. The van der Waals surface area contributed by atoms with Crippen molar-refractivity contribution in [2.45, 2.75) is 51.4 Å². The Morgan fingerprint density at radius 3 is 2.89 bits per heavy atom. The van der Waals surface area contributed by atoms with Crippen molar-refractivity contribution >= 4 is 0 Å². The molecule has 1 unspecified atom stereocenters. The number of hydrogen-bond donors (Lipinski definition) is 1. The van der Waals surface area contributed by atoms with Crippen LogP contribution in [0, 0.1) is 0 Å². The Morgan fingerprint density at radius 1 is 1.22 bits per heavy atom. The minimum atomic E-state index is -0.334. The first-order chi connectivity index (χ1) is 8.81. The number of unbranched alkanes of at least 4 members (excludes halogenated alkanes) is 3. The van der Waals surface area contributed by atoms with Crippen molar-refractivity contribution in [3.8, 4) is 0 Å². The average Bonchev–Trinajstić information content (AvgIpc) is 2.85. The summed E-state index contributed by atoms with van der Waals surface area (Å²) < 4.78 is 5.38. The highest BCUT2D eigenvalue weighted by Crippen LogP contribution is 2.26. The number of hydrogen-bond acceptors (Lipinski definition) is 2. The van der Waals surface area contributed by atoms with Crippen LogP contribution in [-0.4, -0.2) is 5.11 Å². The van der Waals surface area contributed by atoms with Crippen LogP contribution in [0.3, 0.4) is 0 Å². The molecule has 0 spiro atoms. The first-order valence-electron chi connectivity index (χ1n) is 6.79. The molecule has 2 nitrogen and oxygen atoms in total.